The molecule has 1 atom stereocenters. The van der Waals surface area contributed by atoms with E-state index < -0.39 is 0 Å². The molecule has 0 aromatic carbocycles. The van der Waals surface area contributed by atoms with Crippen molar-refractivity contribution in [2.45, 2.75) is 52.5 Å². The van der Waals surface area contributed by atoms with Crippen LogP contribution >= 0.6 is 0 Å². The van der Waals surface area contributed by atoms with Crippen LogP contribution in [0.2, 0.25) is 0 Å². The van der Waals surface area contributed by atoms with Crippen molar-refractivity contribution in [2.24, 2.45) is 11.7 Å². The van der Waals surface area contributed by atoms with Crippen LogP contribution in [0.5, 0.6) is 0 Å². The SMILES string of the molecule is CCCC(=O)NC(C)(CN)CC(C)C. The number of hydrogen-bond acceptors (Lipinski definition) is 2. The zero-order chi connectivity index (χ0) is 11.2. The van der Waals surface area contributed by atoms with Gasteiger partial charge in [0.05, 0.1) is 0 Å². The maximum absolute atomic E-state index is 11.4. The highest BCUT2D eigenvalue weighted by atomic mass is 16.1. The van der Waals surface area contributed by atoms with E-state index in [2.05, 4.69) is 19.2 Å². The van der Waals surface area contributed by atoms with E-state index in [4.69, 9.17) is 5.73 Å². The van der Waals surface area contributed by atoms with Gasteiger partial charge in [-0.15, -0.1) is 0 Å². The fraction of sp³-hybridized carbons (Fsp3) is 0.909. The first kappa shape index (κ1) is 13.4. The van der Waals surface area contributed by atoms with Crippen molar-refractivity contribution in [3.05, 3.63) is 0 Å². The number of carbonyl (C=O) groups is 1. The van der Waals surface area contributed by atoms with Gasteiger partial charge in [0.25, 0.3) is 0 Å². The highest BCUT2D eigenvalue weighted by Crippen LogP contribution is 2.15. The summed E-state index contributed by atoms with van der Waals surface area (Å²) >= 11 is 0. The summed E-state index contributed by atoms with van der Waals surface area (Å²) in [6, 6.07) is 0. The molecule has 14 heavy (non-hydrogen) atoms. The molecule has 84 valence electrons. The van der Waals surface area contributed by atoms with Crippen LogP contribution in [0.25, 0.3) is 0 Å². The van der Waals surface area contributed by atoms with Gasteiger partial charge in [-0.1, -0.05) is 20.8 Å². The molecule has 0 aromatic heterocycles. The van der Waals surface area contributed by atoms with E-state index >= 15 is 0 Å². The molecule has 0 rings (SSSR count). The minimum atomic E-state index is -0.236. The van der Waals surface area contributed by atoms with Crippen LogP contribution in [0.3, 0.4) is 0 Å². The Balaban J connectivity index is 4.17. The first-order valence-electron chi connectivity index (χ1n) is 5.44. The molecule has 3 N–H and O–H groups in total. The predicted molar refractivity (Wildman–Crippen MR) is 60.0 cm³/mol. The Labute approximate surface area is 87.4 Å². The molecule has 0 fully saturated rings. The Morgan fingerprint density at radius 2 is 2.07 bits per heavy atom. The van der Waals surface area contributed by atoms with Crippen LogP contribution in [0.1, 0.15) is 47.0 Å². The number of nitrogens with two attached hydrogens (primary N) is 1. The number of carbonyl (C=O) groups excluding carboxylic acids is 1. The van der Waals surface area contributed by atoms with Crippen LogP contribution < -0.4 is 11.1 Å². The summed E-state index contributed by atoms with van der Waals surface area (Å²) in [6.45, 7) is 8.79. The molecule has 0 aliphatic rings. The van der Waals surface area contributed by atoms with Gasteiger partial charge in [-0.3, -0.25) is 4.79 Å². The average Bonchev–Trinajstić information content (AvgIpc) is 2.02. The van der Waals surface area contributed by atoms with Crippen LogP contribution in [0, 0.1) is 5.92 Å². The van der Waals surface area contributed by atoms with Crippen molar-refractivity contribution < 1.29 is 4.79 Å². The lowest BCUT2D eigenvalue weighted by Crippen LogP contribution is -2.52. The highest BCUT2D eigenvalue weighted by molar-refractivity contribution is 5.76. The molecule has 1 amide bonds. The molecule has 0 spiro atoms. The lowest BCUT2D eigenvalue weighted by Gasteiger charge is -2.31. The molecule has 0 aliphatic carbocycles. The Bertz CT molecular complexity index is 180. The minimum Gasteiger partial charge on any atom is -0.350 e. The van der Waals surface area contributed by atoms with Crippen molar-refractivity contribution >= 4 is 5.91 Å². The number of nitrogens with one attached hydrogen (secondary N) is 1. The van der Waals surface area contributed by atoms with Gasteiger partial charge in [-0.25, -0.2) is 0 Å². The van der Waals surface area contributed by atoms with E-state index in [0.29, 0.717) is 18.9 Å². The van der Waals surface area contributed by atoms with E-state index in [1.54, 1.807) is 0 Å². The van der Waals surface area contributed by atoms with E-state index in [1.807, 2.05) is 13.8 Å². The summed E-state index contributed by atoms with van der Waals surface area (Å²) in [4.78, 5) is 11.4. The van der Waals surface area contributed by atoms with Crippen molar-refractivity contribution in [3.63, 3.8) is 0 Å². The zero-order valence-corrected chi connectivity index (χ0v) is 9.89. The van der Waals surface area contributed by atoms with E-state index in [-0.39, 0.29) is 11.4 Å². The minimum absolute atomic E-state index is 0.112. The maximum Gasteiger partial charge on any atom is 0.220 e. The summed E-state index contributed by atoms with van der Waals surface area (Å²) < 4.78 is 0. The van der Waals surface area contributed by atoms with Gasteiger partial charge in [0.1, 0.15) is 0 Å². The molecule has 0 aliphatic heterocycles. The number of rotatable bonds is 6. The monoisotopic (exact) mass is 200 g/mol. The van der Waals surface area contributed by atoms with Crippen molar-refractivity contribution in [1.82, 2.24) is 5.32 Å². The lowest BCUT2D eigenvalue weighted by atomic mass is 9.90. The molecule has 3 heteroatoms. The molecular formula is C11H24N2O. The van der Waals surface area contributed by atoms with Crippen molar-refractivity contribution in [3.8, 4) is 0 Å². The summed E-state index contributed by atoms with van der Waals surface area (Å²) in [7, 11) is 0. The summed E-state index contributed by atoms with van der Waals surface area (Å²) in [5, 5.41) is 3.01. The Hall–Kier alpha value is -0.570. The summed E-state index contributed by atoms with van der Waals surface area (Å²) in [6.07, 6.45) is 2.40. The van der Waals surface area contributed by atoms with Crippen molar-refractivity contribution in [1.29, 1.82) is 0 Å². The number of amides is 1. The molecule has 0 bridgehead atoms. The van der Waals surface area contributed by atoms with Gasteiger partial charge in [0, 0.05) is 18.5 Å². The number of hydrogen-bond donors (Lipinski definition) is 2. The molecule has 0 saturated carbocycles. The van der Waals surface area contributed by atoms with E-state index in [1.165, 1.54) is 0 Å². The molecule has 0 heterocycles. The zero-order valence-electron chi connectivity index (χ0n) is 9.89. The van der Waals surface area contributed by atoms with E-state index in [0.717, 1.165) is 12.8 Å². The Kier molecular flexibility index (Phi) is 5.77. The summed E-state index contributed by atoms with van der Waals surface area (Å²) in [5.74, 6) is 0.659. The van der Waals surface area contributed by atoms with Crippen LogP contribution in [-0.2, 0) is 4.79 Å². The van der Waals surface area contributed by atoms with E-state index in [9.17, 15) is 4.79 Å². The average molecular weight is 200 g/mol. The smallest absolute Gasteiger partial charge is 0.220 e. The third kappa shape index (κ3) is 5.22. The fourth-order valence-electron chi connectivity index (χ4n) is 1.71. The van der Waals surface area contributed by atoms with Crippen LogP contribution in [-0.4, -0.2) is 18.0 Å². The lowest BCUT2D eigenvalue weighted by molar-refractivity contribution is -0.122. The molecule has 0 saturated heterocycles. The first-order chi connectivity index (χ1) is 6.43. The predicted octanol–water partition coefficient (Wildman–Crippen LogP) is 1.67. The second-order valence-corrected chi connectivity index (χ2v) is 4.66. The van der Waals surface area contributed by atoms with Gasteiger partial charge < -0.3 is 11.1 Å². The quantitative estimate of drug-likeness (QED) is 0.685. The Morgan fingerprint density at radius 1 is 1.50 bits per heavy atom. The van der Waals surface area contributed by atoms with Gasteiger partial charge in [0.15, 0.2) is 0 Å². The van der Waals surface area contributed by atoms with Gasteiger partial charge in [-0.2, -0.15) is 0 Å². The van der Waals surface area contributed by atoms with Crippen LogP contribution in [0.15, 0.2) is 0 Å². The topological polar surface area (TPSA) is 55.1 Å². The largest absolute Gasteiger partial charge is 0.350 e. The standard InChI is InChI=1S/C11H24N2O/c1-5-6-10(14)13-11(4,8-12)7-9(2)3/h9H,5-8,12H2,1-4H3,(H,13,14). The molecule has 1 unspecified atom stereocenters. The molecule has 3 nitrogen and oxygen atoms in total. The summed E-state index contributed by atoms with van der Waals surface area (Å²) in [5.41, 5.74) is 5.45. The highest BCUT2D eigenvalue weighted by Gasteiger charge is 2.25. The Morgan fingerprint density at radius 3 is 2.43 bits per heavy atom. The maximum atomic E-state index is 11.4. The second kappa shape index (κ2) is 6.02. The molecular weight excluding hydrogens is 176 g/mol. The van der Waals surface area contributed by atoms with Crippen molar-refractivity contribution in [2.75, 3.05) is 6.54 Å². The van der Waals surface area contributed by atoms with Gasteiger partial charge in [-0.05, 0) is 25.7 Å². The molecule has 0 aromatic rings. The first-order valence-corrected chi connectivity index (χ1v) is 5.44. The second-order valence-electron chi connectivity index (χ2n) is 4.66. The van der Waals surface area contributed by atoms with Gasteiger partial charge in [0.2, 0.25) is 5.91 Å². The van der Waals surface area contributed by atoms with Crippen LogP contribution in [0.4, 0.5) is 0 Å². The normalized spacial score (nSPS) is 15.3. The fourth-order valence-corrected chi connectivity index (χ4v) is 1.71. The third-order valence-corrected chi connectivity index (χ3v) is 2.23. The third-order valence-electron chi connectivity index (χ3n) is 2.23. The van der Waals surface area contributed by atoms with Gasteiger partial charge >= 0.3 is 0 Å². The molecule has 0 radical (unpaired) electrons.